The lowest BCUT2D eigenvalue weighted by Gasteiger charge is -1.99. The van der Waals surface area contributed by atoms with E-state index in [0.717, 1.165) is 0 Å². The van der Waals surface area contributed by atoms with Gasteiger partial charge in [0.1, 0.15) is 13.4 Å². The van der Waals surface area contributed by atoms with Gasteiger partial charge >= 0.3 is 0 Å². The molecule has 0 aromatic heterocycles. The normalized spacial score (nSPS) is 10.9. The van der Waals surface area contributed by atoms with Gasteiger partial charge in [0.2, 0.25) is 0 Å². The first-order valence-corrected chi connectivity index (χ1v) is 4.91. The van der Waals surface area contributed by atoms with Gasteiger partial charge < -0.3 is 9.16 Å². The fourth-order valence-corrected chi connectivity index (χ4v) is 0.612. The predicted molar refractivity (Wildman–Crippen MR) is 37.0 cm³/mol. The van der Waals surface area contributed by atoms with Crippen molar-refractivity contribution in [3.05, 3.63) is 0 Å². The van der Waals surface area contributed by atoms with Crippen molar-refractivity contribution in [3.8, 4) is 0 Å². The number of hydrogen-bond donors (Lipinski definition) is 0. The first-order valence-electron chi connectivity index (χ1n) is 2.92. The van der Waals surface area contributed by atoms with Crippen LogP contribution in [0.4, 0.5) is 0 Å². The lowest BCUT2D eigenvalue weighted by Crippen LogP contribution is -2.07. The summed E-state index contributed by atoms with van der Waals surface area (Å²) in [7, 11) is -0.367. The Labute approximate surface area is 57.3 Å². The van der Waals surface area contributed by atoms with Crippen LogP contribution in [-0.2, 0) is 14.0 Å². The summed E-state index contributed by atoms with van der Waals surface area (Å²) in [6, 6.07) is 0. The maximum absolute atomic E-state index is 10.2. The van der Waals surface area contributed by atoms with Gasteiger partial charge in [-0.25, -0.2) is 0 Å². The van der Waals surface area contributed by atoms with Crippen LogP contribution in [0.15, 0.2) is 0 Å². The van der Waals surface area contributed by atoms with E-state index >= 15 is 0 Å². The van der Waals surface area contributed by atoms with Crippen molar-refractivity contribution < 1.29 is 14.0 Å². The SMILES string of the molecule is C[SiH2]OCOCC(C)=O. The molecule has 0 aliphatic carbocycles. The number of carbonyl (C=O) groups excluding carboxylic acids is 1. The molecule has 0 aromatic rings. The van der Waals surface area contributed by atoms with E-state index in [1.807, 2.05) is 6.55 Å². The molecule has 0 rings (SSSR count). The molecule has 0 heterocycles. The Morgan fingerprint density at radius 3 is 2.78 bits per heavy atom. The molecule has 0 saturated heterocycles. The zero-order valence-electron chi connectivity index (χ0n) is 5.85. The van der Waals surface area contributed by atoms with Crippen LogP contribution in [0.25, 0.3) is 0 Å². The maximum atomic E-state index is 10.2. The summed E-state index contributed by atoms with van der Waals surface area (Å²) in [6.07, 6.45) is 0. The van der Waals surface area contributed by atoms with Gasteiger partial charge in [-0.3, -0.25) is 4.79 Å². The minimum atomic E-state index is -0.367. The van der Waals surface area contributed by atoms with E-state index < -0.39 is 0 Å². The van der Waals surface area contributed by atoms with Gasteiger partial charge in [-0.1, -0.05) is 6.55 Å². The van der Waals surface area contributed by atoms with Gasteiger partial charge in [0.25, 0.3) is 0 Å². The second kappa shape index (κ2) is 5.93. The molecule has 0 aromatic carbocycles. The van der Waals surface area contributed by atoms with Crippen molar-refractivity contribution in [2.24, 2.45) is 0 Å². The number of carbonyl (C=O) groups is 1. The van der Waals surface area contributed by atoms with Gasteiger partial charge in [0.05, 0.1) is 0 Å². The lowest BCUT2D eigenvalue weighted by atomic mass is 10.5. The number of hydrogen-bond acceptors (Lipinski definition) is 3. The summed E-state index contributed by atoms with van der Waals surface area (Å²) in [4.78, 5) is 10.2. The third-order valence-electron chi connectivity index (χ3n) is 0.676. The van der Waals surface area contributed by atoms with Crippen LogP contribution in [-0.4, -0.2) is 28.9 Å². The van der Waals surface area contributed by atoms with Crippen molar-refractivity contribution in [1.82, 2.24) is 0 Å². The van der Waals surface area contributed by atoms with E-state index in [0.29, 0.717) is 0 Å². The highest BCUT2D eigenvalue weighted by atomic mass is 28.2. The summed E-state index contributed by atoms with van der Waals surface area (Å²) in [5, 5.41) is 0. The van der Waals surface area contributed by atoms with E-state index in [1.54, 1.807) is 0 Å². The molecule has 0 N–H and O–H groups in total. The van der Waals surface area contributed by atoms with E-state index in [4.69, 9.17) is 9.16 Å². The molecule has 0 unspecified atom stereocenters. The first-order chi connectivity index (χ1) is 4.27. The molecule has 9 heavy (non-hydrogen) atoms. The molecule has 0 radical (unpaired) electrons. The number of rotatable bonds is 5. The minimum Gasteiger partial charge on any atom is -0.402 e. The average Bonchev–Trinajstić information content (AvgIpc) is 1.80. The van der Waals surface area contributed by atoms with Crippen molar-refractivity contribution in [1.29, 1.82) is 0 Å². The number of ketones is 1. The molecule has 0 atom stereocenters. The molecule has 4 heteroatoms. The summed E-state index contributed by atoms with van der Waals surface area (Å²) in [5.41, 5.74) is 0. The maximum Gasteiger partial charge on any atom is 0.161 e. The molecular weight excluding hydrogens is 136 g/mol. The highest BCUT2D eigenvalue weighted by molar-refractivity contribution is 6.24. The van der Waals surface area contributed by atoms with Gasteiger partial charge in [-0.2, -0.15) is 0 Å². The van der Waals surface area contributed by atoms with Crippen LogP contribution in [0.3, 0.4) is 0 Å². The molecule has 0 spiro atoms. The van der Waals surface area contributed by atoms with E-state index in [1.165, 1.54) is 6.92 Å². The fourth-order valence-electron chi connectivity index (χ4n) is 0.328. The van der Waals surface area contributed by atoms with Crippen molar-refractivity contribution >= 4 is 15.5 Å². The van der Waals surface area contributed by atoms with Crippen LogP contribution < -0.4 is 0 Å². The molecule has 3 nitrogen and oxygen atoms in total. The Bertz CT molecular complexity index is 84.3. The fraction of sp³-hybridized carbons (Fsp3) is 0.800. The quantitative estimate of drug-likeness (QED) is 0.305. The van der Waals surface area contributed by atoms with Crippen molar-refractivity contribution in [2.45, 2.75) is 13.5 Å². The van der Waals surface area contributed by atoms with E-state index in [9.17, 15) is 4.79 Å². The predicted octanol–water partition coefficient (Wildman–Crippen LogP) is -0.302. The minimum absolute atomic E-state index is 0.0383. The summed E-state index contributed by atoms with van der Waals surface area (Å²) in [5.74, 6) is 0.0383. The van der Waals surface area contributed by atoms with Gasteiger partial charge in [0.15, 0.2) is 15.5 Å². The van der Waals surface area contributed by atoms with Gasteiger partial charge in [-0.15, -0.1) is 0 Å². The van der Waals surface area contributed by atoms with Gasteiger partial charge in [-0.05, 0) is 6.92 Å². The van der Waals surface area contributed by atoms with Gasteiger partial charge in [0, 0.05) is 0 Å². The molecular formula is C5H12O3Si. The third kappa shape index (κ3) is 7.81. The molecule has 0 bridgehead atoms. The molecule has 54 valence electrons. The van der Waals surface area contributed by atoms with Crippen LogP contribution in [0.2, 0.25) is 6.55 Å². The zero-order chi connectivity index (χ0) is 7.11. The summed E-state index contributed by atoms with van der Waals surface area (Å²) < 4.78 is 9.75. The summed E-state index contributed by atoms with van der Waals surface area (Å²) >= 11 is 0. The van der Waals surface area contributed by atoms with Crippen molar-refractivity contribution in [3.63, 3.8) is 0 Å². The average molecular weight is 148 g/mol. The molecule has 0 fully saturated rings. The molecule has 0 amide bonds. The molecule has 0 saturated carbocycles. The topological polar surface area (TPSA) is 35.5 Å². The standard InChI is InChI=1S/C5H12O3Si/c1-5(6)3-7-4-8-9-2/h3-4,9H2,1-2H3. The highest BCUT2D eigenvalue weighted by Crippen LogP contribution is 1.76. The number of ether oxygens (including phenoxy) is 1. The zero-order valence-corrected chi connectivity index (χ0v) is 7.26. The van der Waals surface area contributed by atoms with E-state index in [2.05, 4.69) is 0 Å². The Hall–Kier alpha value is -0.193. The van der Waals surface area contributed by atoms with Crippen LogP contribution in [0.1, 0.15) is 6.92 Å². The van der Waals surface area contributed by atoms with Crippen molar-refractivity contribution in [2.75, 3.05) is 13.4 Å². The Morgan fingerprint density at radius 1 is 1.67 bits per heavy atom. The van der Waals surface area contributed by atoms with Crippen LogP contribution >= 0.6 is 0 Å². The van der Waals surface area contributed by atoms with E-state index in [-0.39, 0.29) is 28.9 Å². The largest absolute Gasteiger partial charge is 0.402 e. The lowest BCUT2D eigenvalue weighted by molar-refractivity contribution is -0.124. The summed E-state index contributed by atoms with van der Waals surface area (Å²) in [6.45, 7) is 3.96. The monoisotopic (exact) mass is 148 g/mol. The Balaban J connectivity index is 2.83. The first kappa shape index (κ1) is 8.81. The molecule has 0 aliphatic heterocycles. The Kier molecular flexibility index (Phi) is 5.81. The smallest absolute Gasteiger partial charge is 0.161 e. The van der Waals surface area contributed by atoms with Crippen LogP contribution in [0.5, 0.6) is 0 Å². The molecule has 0 aliphatic rings. The second-order valence-electron chi connectivity index (χ2n) is 1.66. The Morgan fingerprint density at radius 2 is 2.33 bits per heavy atom. The highest BCUT2D eigenvalue weighted by Gasteiger charge is 1.90. The van der Waals surface area contributed by atoms with Crippen LogP contribution in [0, 0.1) is 0 Å². The third-order valence-corrected chi connectivity index (χ3v) is 1.25. The number of Topliss-reactive ketones (excluding diaryl/α,β-unsaturated/α-hetero) is 1. The second-order valence-corrected chi connectivity index (χ2v) is 2.65.